The molecule has 2 aromatic carbocycles. The standard InChI is InChI=1S/C17H16BrNO/c1-10-3-5-14(11(2)7-10)17(18)12-4-6-15-13(8-12)9-16(20)19-15/h3-8,17H,9H2,1-2H3,(H,19,20). The number of benzene rings is 2. The minimum absolute atomic E-state index is 0.0785. The minimum Gasteiger partial charge on any atom is -0.326 e. The van der Waals surface area contributed by atoms with Gasteiger partial charge < -0.3 is 5.32 Å². The lowest BCUT2D eigenvalue weighted by atomic mass is 9.97. The average molecular weight is 330 g/mol. The first-order chi connectivity index (χ1) is 9.54. The molecule has 1 unspecified atom stereocenters. The molecule has 0 saturated carbocycles. The molecule has 102 valence electrons. The van der Waals surface area contributed by atoms with Gasteiger partial charge in [0.15, 0.2) is 0 Å². The molecule has 1 aliphatic rings. The molecule has 1 atom stereocenters. The second kappa shape index (κ2) is 5.06. The molecule has 1 heterocycles. The van der Waals surface area contributed by atoms with Gasteiger partial charge in [0.1, 0.15) is 0 Å². The summed E-state index contributed by atoms with van der Waals surface area (Å²) in [7, 11) is 0. The van der Waals surface area contributed by atoms with E-state index in [0.29, 0.717) is 6.42 Å². The summed E-state index contributed by atoms with van der Waals surface area (Å²) in [6, 6.07) is 12.7. The molecule has 0 radical (unpaired) electrons. The average Bonchev–Trinajstić information content (AvgIpc) is 2.77. The molecule has 0 saturated heterocycles. The molecule has 1 aliphatic heterocycles. The third-order valence-electron chi connectivity index (χ3n) is 3.75. The van der Waals surface area contributed by atoms with Crippen molar-refractivity contribution in [2.75, 3.05) is 5.32 Å². The van der Waals surface area contributed by atoms with Crippen molar-refractivity contribution in [1.29, 1.82) is 0 Å². The molecule has 3 heteroatoms. The monoisotopic (exact) mass is 329 g/mol. The van der Waals surface area contributed by atoms with Crippen LogP contribution >= 0.6 is 15.9 Å². The molecule has 0 bridgehead atoms. The van der Waals surface area contributed by atoms with E-state index in [4.69, 9.17) is 0 Å². The van der Waals surface area contributed by atoms with Crippen LogP contribution in [0, 0.1) is 13.8 Å². The third-order valence-corrected chi connectivity index (χ3v) is 4.77. The van der Waals surface area contributed by atoms with Crippen LogP contribution in [-0.4, -0.2) is 5.91 Å². The molecule has 1 N–H and O–H groups in total. The van der Waals surface area contributed by atoms with Gasteiger partial charge >= 0.3 is 0 Å². The van der Waals surface area contributed by atoms with Crippen molar-refractivity contribution in [3.05, 3.63) is 64.2 Å². The van der Waals surface area contributed by atoms with E-state index >= 15 is 0 Å². The predicted molar refractivity (Wildman–Crippen MR) is 85.5 cm³/mol. The number of fused-ring (bicyclic) bond motifs is 1. The first-order valence-corrected chi connectivity index (χ1v) is 7.60. The SMILES string of the molecule is Cc1ccc(C(Br)c2ccc3c(c2)CC(=O)N3)c(C)c1. The van der Waals surface area contributed by atoms with Gasteiger partial charge in [-0.1, -0.05) is 51.8 Å². The number of anilines is 1. The van der Waals surface area contributed by atoms with Crippen molar-refractivity contribution in [3.63, 3.8) is 0 Å². The Balaban J connectivity index is 1.97. The number of nitrogens with one attached hydrogen (secondary N) is 1. The highest BCUT2D eigenvalue weighted by molar-refractivity contribution is 9.09. The van der Waals surface area contributed by atoms with Gasteiger partial charge in [-0.3, -0.25) is 4.79 Å². The van der Waals surface area contributed by atoms with Crippen LogP contribution in [0.4, 0.5) is 5.69 Å². The number of hydrogen-bond donors (Lipinski definition) is 1. The number of rotatable bonds is 2. The quantitative estimate of drug-likeness (QED) is 0.818. The second-order valence-corrected chi connectivity index (χ2v) is 6.28. The smallest absolute Gasteiger partial charge is 0.228 e. The molecule has 0 fully saturated rings. The Morgan fingerprint density at radius 2 is 1.95 bits per heavy atom. The largest absolute Gasteiger partial charge is 0.326 e. The first kappa shape index (κ1) is 13.4. The summed E-state index contributed by atoms with van der Waals surface area (Å²) in [5.41, 5.74) is 7.04. The van der Waals surface area contributed by atoms with Gasteiger partial charge in [-0.25, -0.2) is 0 Å². The van der Waals surface area contributed by atoms with Crippen LogP contribution in [0.5, 0.6) is 0 Å². The van der Waals surface area contributed by atoms with Crippen molar-refractivity contribution in [2.45, 2.75) is 25.1 Å². The highest BCUT2D eigenvalue weighted by Gasteiger charge is 2.20. The third kappa shape index (κ3) is 2.38. The zero-order chi connectivity index (χ0) is 14.3. The molecule has 0 aromatic heterocycles. The lowest BCUT2D eigenvalue weighted by Gasteiger charge is -2.15. The second-order valence-electron chi connectivity index (χ2n) is 5.36. The number of amides is 1. The van der Waals surface area contributed by atoms with E-state index in [9.17, 15) is 4.79 Å². The van der Waals surface area contributed by atoms with Gasteiger partial charge in [0.25, 0.3) is 0 Å². The Morgan fingerprint density at radius 3 is 2.70 bits per heavy atom. The Bertz CT molecular complexity index is 693. The van der Waals surface area contributed by atoms with Gasteiger partial charge in [0.05, 0.1) is 11.2 Å². The van der Waals surface area contributed by atoms with E-state index in [0.717, 1.165) is 11.3 Å². The van der Waals surface area contributed by atoms with Crippen LogP contribution in [-0.2, 0) is 11.2 Å². The van der Waals surface area contributed by atoms with Crippen molar-refractivity contribution >= 4 is 27.5 Å². The maximum atomic E-state index is 11.4. The van der Waals surface area contributed by atoms with Crippen molar-refractivity contribution in [3.8, 4) is 0 Å². The van der Waals surface area contributed by atoms with Crippen molar-refractivity contribution in [1.82, 2.24) is 0 Å². The van der Waals surface area contributed by atoms with Crippen molar-refractivity contribution < 1.29 is 4.79 Å². The van der Waals surface area contributed by atoms with E-state index in [1.54, 1.807) is 0 Å². The Morgan fingerprint density at radius 1 is 1.15 bits per heavy atom. The van der Waals surface area contributed by atoms with Gasteiger partial charge in [0, 0.05) is 5.69 Å². The summed E-state index contributed by atoms with van der Waals surface area (Å²) in [6.07, 6.45) is 0.482. The summed E-state index contributed by atoms with van der Waals surface area (Å²) in [5, 5.41) is 2.87. The Hall–Kier alpha value is -1.61. The fraction of sp³-hybridized carbons (Fsp3) is 0.235. The van der Waals surface area contributed by atoms with Crippen LogP contribution in [0.2, 0.25) is 0 Å². The molecule has 0 spiro atoms. The highest BCUT2D eigenvalue weighted by Crippen LogP contribution is 2.36. The summed E-state index contributed by atoms with van der Waals surface area (Å²) in [6.45, 7) is 4.24. The zero-order valence-electron chi connectivity index (χ0n) is 11.5. The maximum Gasteiger partial charge on any atom is 0.228 e. The van der Waals surface area contributed by atoms with E-state index < -0.39 is 0 Å². The fourth-order valence-electron chi connectivity index (χ4n) is 2.70. The summed E-state index contributed by atoms with van der Waals surface area (Å²) < 4.78 is 0. The number of carbonyl (C=O) groups excluding carboxylic acids is 1. The van der Waals surface area contributed by atoms with E-state index in [1.165, 1.54) is 22.3 Å². The summed E-state index contributed by atoms with van der Waals surface area (Å²) in [5.74, 6) is 0.0785. The topological polar surface area (TPSA) is 29.1 Å². The number of aryl methyl sites for hydroxylation is 2. The van der Waals surface area contributed by atoms with Gasteiger partial charge in [-0.2, -0.15) is 0 Å². The van der Waals surface area contributed by atoms with Gasteiger partial charge in [0.2, 0.25) is 5.91 Å². The molecule has 20 heavy (non-hydrogen) atoms. The fourth-order valence-corrected chi connectivity index (χ4v) is 3.49. The molecule has 2 nitrogen and oxygen atoms in total. The van der Waals surface area contributed by atoms with Crippen LogP contribution in [0.3, 0.4) is 0 Å². The lowest BCUT2D eigenvalue weighted by Crippen LogP contribution is -2.03. The van der Waals surface area contributed by atoms with Gasteiger partial charge in [-0.05, 0) is 42.2 Å². The number of hydrogen-bond acceptors (Lipinski definition) is 1. The minimum atomic E-state index is 0.0785. The highest BCUT2D eigenvalue weighted by atomic mass is 79.9. The number of halogens is 1. The lowest BCUT2D eigenvalue weighted by molar-refractivity contribution is -0.115. The van der Waals surface area contributed by atoms with Crippen LogP contribution in [0.1, 0.15) is 32.6 Å². The molecular weight excluding hydrogens is 314 g/mol. The van der Waals surface area contributed by atoms with Crippen LogP contribution in [0.25, 0.3) is 0 Å². The summed E-state index contributed by atoms with van der Waals surface area (Å²) in [4.78, 5) is 11.6. The predicted octanol–water partition coefficient (Wildman–Crippen LogP) is 4.28. The van der Waals surface area contributed by atoms with E-state index in [1.807, 2.05) is 6.07 Å². The van der Waals surface area contributed by atoms with E-state index in [-0.39, 0.29) is 10.7 Å². The van der Waals surface area contributed by atoms with E-state index in [2.05, 4.69) is 65.4 Å². The van der Waals surface area contributed by atoms with Crippen LogP contribution < -0.4 is 5.32 Å². The number of alkyl halides is 1. The molecule has 2 aromatic rings. The first-order valence-electron chi connectivity index (χ1n) is 6.68. The van der Waals surface area contributed by atoms with Crippen LogP contribution in [0.15, 0.2) is 36.4 Å². The zero-order valence-corrected chi connectivity index (χ0v) is 13.1. The molecule has 3 rings (SSSR count). The maximum absolute atomic E-state index is 11.4. The normalized spacial score (nSPS) is 14.8. The van der Waals surface area contributed by atoms with Crippen molar-refractivity contribution in [2.24, 2.45) is 0 Å². The molecular formula is C17H16BrNO. The Kier molecular flexibility index (Phi) is 3.38. The Labute approximate surface area is 127 Å². The molecule has 0 aliphatic carbocycles. The molecule has 1 amide bonds. The number of carbonyl (C=O) groups is 1. The van der Waals surface area contributed by atoms with Gasteiger partial charge in [-0.15, -0.1) is 0 Å². The summed E-state index contributed by atoms with van der Waals surface area (Å²) >= 11 is 3.79.